The van der Waals surface area contributed by atoms with Crippen molar-refractivity contribution in [3.05, 3.63) is 65.9 Å². The molecule has 0 spiro atoms. The van der Waals surface area contributed by atoms with Crippen molar-refractivity contribution < 1.29 is 33.4 Å². The average Bonchev–Trinajstić information content (AvgIpc) is 3.15. The Morgan fingerprint density at radius 3 is 2.26 bits per heavy atom. The highest BCUT2D eigenvalue weighted by Gasteiger charge is 2.17. The fraction of sp³-hybridized carbons (Fsp3) is 0.182. The van der Waals surface area contributed by atoms with E-state index in [-0.39, 0.29) is 6.54 Å². The zero-order valence-corrected chi connectivity index (χ0v) is 16.9. The Hall–Kier alpha value is -4.14. The van der Waals surface area contributed by atoms with Crippen LogP contribution < -0.4 is 5.32 Å². The minimum atomic E-state index is -0.645. The number of nitrogens with zero attached hydrogens (tertiary/aromatic N) is 1. The van der Waals surface area contributed by atoms with Crippen LogP contribution in [0.15, 0.2) is 54.7 Å². The standard InChI is InChI=1S/C22H20N2O7/c1-29-21(27)14-7-9-15(10-8-14)23-19(25)13-31-20(26)12-24-11-17(22(28)30-2)16-5-3-4-6-18(16)24/h3-11H,12-13H2,1-2H3,(H,23,25). The van der Waals surface area contributed by atoms with Crippen LogP contribution in [0.1, 0.15) is 20.7 Å². The Morgan fingerprint density at radius 2 is 1.58 bits per heavy atom. The predicted octanol–water partition coefficient (Wildman–Crippen LogP) is 2.40. The van der Waals surface area contributed by atoms with Gasteiger partial charge < -0.3 is 24.1 Å². The monoisotopic (exact) mass is 424 g/mol. The third-order valence-corrected chi connectivity index (χ3v) is 4.45. The predicted molar refractivity (Wildman–Crippen MR) is 111 cm³/mol. The van der Waals surface area contributed by atoms with Gasteiger partial charge in [-0.1, -0.05) is 18.2 Å². The SMILES string of the molecule is COC(=O)c1ccc(NC(=O)COC(=O)Cn2cc(C(=O)OC)c3ccccc32)cc1. The van der Waals surface area contributed by atoms with Gasteiger partial charge in [0.1, 0.15) is 6.54 Å². The van der Waals surface area contributed by atoms with Crippen LogP contribution in [0.25, 0.3) is 10.9 Å². The van der Waals surface area contributed by atoms with Gasteiger partial charge in [-0.3, -0.25) is 9.59 Å². The molecule has 0 aliphatic heterocycles. The lowest BCUT2D eigenvalue weighted by molar-refractivity contribution is -0.147. The van der Waals surface area contributed by atoms with Crippen molar-refractivity contribution in [1.29, 1.82) is 0 Å². The number of benzene rings is 2. The normalized spacial score (nSPS) is 10.4. The number of fused-ring (bicyclic) bond motifs is 1. The van der Waals surface area contributed by atoms with E-state index in [1.165, 1.54) is 44.7 Å². The number of ether oxygens (including phenoxy) is 3. The highest BCUT2D eigenvalue weighted by atomic mass is 16.5. The first kappa shape index (κ1) is 21.6. The van der Waals surface area contributed by atoms with Gasteiger partial charge in [0.05, 0.1) is 25.3 Å². The first-order chi connectivity index (χ1) is 14.9. The first-order valence-electron chi connectivity index (χ1n) is 9.23. The lowest BCUT2D eigenvalue weighted by Crippen LogP contribution is -2.22. The molecule has 0 bridgehead atoms. The first-order valence-corrected chi connectivity index (χ1v) is 9.23. The average molecular weight is 424 g/mol. The quantitative estimate of drug-likeness (QED) is 0.458. The summed E-state index contributed by atoms with van der Waals surface area (Å²) in [5, 5.41) is 3.21. The number of nitrogens with one attached hydrogen (secondary N) is 1. The van der Waals surface area contributed by atoms with E-state index >= 15 is 0 Å². The summed E-state index contributed by atoms with van der Waals surface area (Å²) in [7, 11) is 2.56. The summed E-state index contributed by atoms with van der Waals surface area (Å²) in [5.74, 6) is -2.18. The molecule has 3 aromatic rings. The number of methoxy groups -OCH3 is 2. The van der Waals surface area contributed by atoms with Gasteiger partial charge in [-0.2, -0.15) is 0 Å². The Balaban J connectivity index is 1.58. The molecule has 9 nitrogen and oxygen atoms in total. The molecule has 0 saturated heterocycles. The summed E-state index contributed by atoms with van der Waals surface area (Å²) in [6, 6.07) is 13.2. The fourth-order valence-electron chi connectivity index (χ4n) is 2.99. The van der Waals surface area contributed by atoms with Gasteiger partial charge in [-0.15, -0.1) is 0 Å². The molecule has 0 radical (unpaired) electrons. The number of anilines is 1. The molecule has 0 fully saturated rings. The number of rotatable bonds is 7. The Bertz CT molecular complexity index is 1130. The molecule has 1 heterocycles. The van der Waals surface area contributed by atoms with Crippen molar-refractivity contribution in [2.45, 2.75) is 6.54 Å². The second-order valence-electron chi connectivity index (χ2n) is 6.46. The molecule has 1 amide bonds. The summed E-state index contributed by atoms with van der Waals surface area (Å²) in [5.41, 5.74) is 1.78. The van der Waals surface area contributed by atoms with Crippen LogP contribution in [-0.4, -0.2) is 49.2 Å². The highest BCUT2D eigenvalue weighted by molar-refractivity contribution is 6.04. The van der Waals surface area contributed by atoms with E-state index in [1.54, 1.807) is 28.8 Å². The van der Waals surface area contributed by atoms with E-state index in [4.69, 9.17) is 9.47 Å². The summed E-state index contributed by atoms with van der Waals surface area (Å²) >= 11 is 0. The van der Waals surface area contributed by atoms with Crippen LogP contribution in [0.3, 0.4) is 0 Å². The van der Waals surface area contributed by atoms with E-state index in [2.05, 4.69) is 10.1 Å². The largest absolute Gasteiger partial charge is 0.465 e. The maximum Gasteiger partial charge on any atom is 0.340 e. The molecule has 9 heteroatoms. The van der Waals surface area contributed by atoms with Gasteiger partial charge in [-0.05, 0) is 30.3 Å². The molecule has 160 valence electrons. The number of hydrogen-bond acceptors (Lipinski definition) is 7. The van der Waals surface area contributed by atoms with Crippen LogP contribution in [0, 0.1) is 0 Å². The molecule has 31 heavy (non-hydrogen) atoms. The topological polar surface area (TPSA) is 113 Å². The van der Waals surface area contributed by atoms with Gasteiger partial charge in [0.2, 0.25) is 0 Å². The zero-order chi connectivity index (χ0) is 22.4. The van der Waals surface area contributed by atoms with Crippen molar-refractivity contribution in [2.24, 2.45) is 0 Å². The number of para-hydroxylation sites is 1. The second kappa shape index (κ2) is 9.57. The van der Waals surface area contributed by atoms with Crippen LogP contribution in [0.2, 0.25) is 0 Å². The van der Waals surface area contributed by atoms with E-state index in [0.717, 1.165) is 0 Å². The van der Waals surface area contributed by atoms with Gasteiger partial charge >= 0.3 is 17.9 Å². The van der Waals surface area contributed by atoms with E-state index < -0.39 is 30.4 Å². The number of hydrogen-bond donors (Lipinski definition) is 1. The smallest absolute Gasteiger partial charge is 0.340 e. The fourth-order valence-corrected chi connectivity index (χ4v) is 2.99. The number of aromatic nitrogens is 1. The Kier molecular flexibility index (Phi) is 6.66. The number of carbonyl (C=O) groups excluding carboxylic acids is 4. The van der Waals surface area contributed by atoms with E-state index in [1.807, 2.05) is 0 Å². The van der Waals surface area contributed by atoms with Gasteiger partial charge in [-0.25, -0.2) is 9.59 Å². The van der Waals surface area contributed by atoms with E-state index in [0.29, 0.717) is 27.7 Å². The summed E-state index contributed by atoms with van der Waals surface area (Å²) in [6.07, 6.45) is 1.51. The Labute approximate surface area is 177 Å². The molecule has 0 saturated carbocycles. The third kappa shape index (κ3) is 5.08. The molecule has 0 aliphatic rings. The van der Waals surface area contributed by atoms with Crippen molar-refractivity contribution >= 4 is 40.4 Å². The third-order valence-electron chi connectivity index (χ3n) is 4.45. The highest BCUT2D eigenvalue weighted by Crippen LogP contribution is 2.22. The van der Waals surface area contributed by atoms with Crippen molar-refractivity contribution in [3.8, 4) is 0 Å². The van der Waals surface area contributed by atoms with Gasteiger partial charge in [0.25, 0.3) is 5.91 Å². The van der Waals surface area contributed by atoms with Crippen LogP contribution >= 0.6 is 0 Å². The van der Waals surface area contributed by atoms with Crippen molar-refractivity contribution in [3.63, 3.8) is 0 Å². The van der Waals surface area contributed by atoms with Crippen molar-refractivity contribution in [1.82, 2.24) is 4.57 Å². The van der Waals surface area contributed by atoms with Crippen LogP contribution in [-0.2, 0) is 30.3 Å². The molecule has 2 aromatic carbocycles. The molecule has 1 N–H and O–H groups in total. The van der Waals surface area contributed by atoms with E-state index in [9.17, 15) is 19.2 Å². The minimum Gasteiger partial charge on any atom is -0.465 e. The molecule has 0 atom stereocenters. The maximum atomic E-state index is 12.2. The molecular weight excluding hydrogens is 404 g/mol. The Morgan fingerprint density at radius 1 is 0.903 bits per heavy atom. The molecule has 0 aliphatic carbocycles. The number of esters is 3. The molecule has 1 aromatic heterocycles. The van der Waals surface area contributed by atoms with Crippen LogP contribution in [0.4, 0.5) is 5.69 Å². The summed E-state index contributed by atoms with van der Waals surface area (Å²) < 4.78 is 16.0. The number of amides is 1. The molecular formula is C22H20N2O7. The lowest BCUT2D eigenvalue weighted by atomic mass is 10.2. The molecule has 0 unspecified atom stereocenters. The van der Waals surface area contributed by atoms with Crippen LogP contribution in [0.5, 0.6) is 0 Å². The molecule has 3 rings (SSSR count). The van der Waals surface area contributed by atoms with Crippen molar-refractivity contribution in [2.75, 3.05) is 26.1 Å². The zero-order valence-electron chi connectivity index (χ0n) is 16.9. The minimum absolute atomic E-state index is 0.182. The second-order valence-corrected chi connectivity index (χ2v) is 6.46. The lowest BCUT2D eigenvalue weighted by Gasteiger charge is -2.08. The summed E-state index contributed by atoms with van der Waals surface area (Å²) in [4.78, 5) is 47.6. The van der Waals surface area contributed by atoms with Gasteiger partial charge in [0, 0.05) is 22.8 Å². The number of carbonyl (C=O) groups is 4. The van der Waals surface area contributed by atoms with Gasteiger partial charge in [0.15, 0.2) is 6.61 Å². The summed E-state index contributed by atoms with van der Waals surface area (Å²) in [6.45, 7) is -0.667. The maximum absolute atomic E-state index is 12.2.